The summed E-state index contributed by atoms with van der Waals surface area (Å²) >= 11 is 0. The van der Waals surface area contributed by atoms with Crippen LogP contribution in [0, 0.1) is 0 Å². The third-order valence-corrected chi connectivity index (χ3v) is 4.03. The zero-order chi connectivity index (χ0) is 16.8. The Bertz CT molecular complexity index is 723. The van der Waals surface area contributed by atoms with Gasteiger partial charge in [-0.25, -0.2) is 4.79 Å². The van der Waals surface area contributed by atoms with E-state index in [0.717, 1.165) is 17.5 Å². The van der Waals surface area contributed by atoms with Crippen LogP contribution in [0.25, 0.3) is 11.0 Å². The summed E-state index contributed by atoms with van der Waals surface area (Å²) in [6.07, 6.45) is 1.20. The Morgan fingerprint density at radius 3 is 2.29 bits per heavy atom. The van der Waals surface area contributed by atoms with E-state index in [-0.39, 0.29) is 30.0 Å². The van der Waals surface area contributed by atoms with Gasteiger partial charge in [-0.3, -0.25) is 13.9 Å². The van der Waals surface area contributed by atoms with Crippen molar-refractivity contribution in [3.63, 3.8) is 0 Å². The van der Waals surface area contributed by atoms with Crippen molar-refractivity contribution in [2.75, 3.05) is 13.6 Å². The molecule has 1 heterocycles. The molecule has 6 nitrogen and oxygen atoms in total. The molecule has 7 heteroatoms. The molecule has 0 aliphatic rings. The third-order valence-electron chi connectivity index (χ3n) is 4.03. The number of carbonyl (C=O) groups is 1. The highest BCUT2D eigenvalue weighted by Gasteiger charge is 2.13. The molecule has 0 bridgehead atoms. The quantitative estimate of drug-likeness (QED) is 0.759. The van der Waals surface area contributed by atoms with Crippen LogP contribution in [0.4, 0.5) is 0 Å². The predicted octanol–water partition coefficient (Wildman–Crippen LogP) is 1.75. The Kier molecular flexibility index (Phi) is 8.01. The number of aromatic nitrogens is 2. The molecule has 2 aromatic rings. The molecule has 0 spiro atoms. The maximum atomic E-state index is 12.6. The summed E-state index contributed by atoms with van der Waals surface area (Å²) in [6, 6.07) is 7.97. The number of hydrogen-bond acceptors (Lipinski definition) is 3. The highest BCUT2D eigenvalue weighted by atomic mass is 35.5. The van der Waals surface area contributed by atoms with E-state index in [1.807, 2.05) is 38.2 Å². The fraction of sp³-hybridized carbons (Fsp3) is 0.529. The number of amides is 1. The normalized spacial score (nSPS) is 12.0. The molecule has 134 valence electrons. The second-order valence-electron chi connectivity index (χ2n) is 5.82. The van der Waals surface area contributed by atoms with Gasteiger partial charge in [-0.2, -0.15) is 0 Å². The number of imidazole rings is 1. The minimum absolute atomic E-state index is 0. The first-order valence-electron chi connectivity index (χ1n) is 8.20. The number of carbonyl (C=O) groups excluding carboxylic acids is 1. The second-order valence-corrected chi connectivity index (χ2v) is 5.82. The summed E-state index contributed by atoms with van der Waals surface area (Å²) in [5.41, 5.74) is 1.79. The van der Waals surface area contributed by atoms with Crippen LogP contribution in [0.1, 0.15) is 26.7 Å². The Labute approximate surface area is 148 Å². The lowest BCUT2D eigenvalue weighted by Gasteiger charge is -2.11. The summed E-state index contributed by atoms with van der Waals surface area (Å²) < 4.78 is 3.49. The van der Waals surface area contributed by atoms with E-state index in [2.05, 4.69) is 17.6 Å². The van der Waals surface area contributed by atoms with E-state index in [0.29, 0.717) is 26.1 Å². The smallest absolute Gasteiger partial charge is 0.329 e. The van der Waals surface area contributed by atoms with Crippen molar-refractivity contribution in [2.45, 2.75) is 45.8 Å². The van der Waals surface area contributed by atoms with Crippen molar-refractivity contribution in [3.05, 3.63) is 34.7 Å². The molecule has 24 heavy (non-hydrogen) atoms. The molecule has 0 fully saturated rings. The van der Waals surface area contributed by atoms with Gasteiger partial charge in [0.15, 0.2) is 0 Å². The second kappa shape index (κ2) is 9.49. The van der Waals surface area contributed by atoms with Crippen LogP contribution < -0.4 is 16.3 Å². The van der Waals surface area contributed by atoms with Gasteiger partial charge in [-0.1, -0.05) is 19.1 Å². The number of para-hydroxylation sites is 2. The van der Waals surface area contributed by atoms with E-state index in [9.17, 15) is 9.59 Å². The minimum atomic E-state index is -0.0376. The highest BCUT2D eigenvalue weighted by molar-refractivity contribution is 5.85. The molecule has 0 radical (unpaired) electrons. The zero-order valence-corrected chi connectivity index (χ0v) is 15.4. The standard InChI is InChI=1S/C17H26N4O2.ClH/c1-4-10-20-14-7-5-6-8-15(14)21(17(20)23)11-9-16(22)19-12-13(2)18-3;/h5-8,13,18H,4,9-12H2,1-3H3,(H,19,22);1H. The van der Waals surface area contributed by atoms with Crippen LogP contribution in [0.5, 0.6) is 0 Å². The number of rotatable bonds is 8. The number of fused-ring (bicyclic) bond motifs is 1. The van der Waals surface area contributed by atoms with E-state index < -0.39 is 0 Å². The molecule has 1 aromatic heterocycles. The number of nitrogens with one attached hydrogen (secondary N) is 2. The van der Waals surface area contributed by atoms with Crippen LogP contribution >= 0.6 is 12.4 Å². The number of likely N-dealkylation sites (N-methyl/N-ethyl adjacent to an activating group) is 1. The van der Waals surface area contributed by atoms with Gasteiger partial charge in [-0.05, 0) is 32.5 Å². The Morgan fingerprint density at radius 2 is 1.75 bits per heavy atom. The first kappa shape index (κ1) is 20.3. The molecule has 0 aliphatic heterocycles. The van der Waals surface area contributed by atoms with Gasteiger partial charge < -0.3 is 10.6 Å². The molecular formula is C17H27ClN4O2. The van der Waals surface area contributed by atoms with E-state index >= 15 is 0 Å². The maximum Gasteiger partial charge on any atom is 0.329 e. The van der Waals surface area contributed by atoms with Crippen molar-refractivity contribution in [2.24, 2.45) is 0 Å². The zero-order valence-electron chi connectivity index (χ0n) is 14.5. The lowest BCUT2D eigenvalue weighted by atomic mass is 10.3. The van der Waals surface area contributed by atoms with Gasteiger partial charge in [0.1, 0.15) is 0 Å². The van der Waals surface area contributed by atoms with Gasteiger partial charge in [0.25, 0.3) is 0 Å². The average molecular weight is 355 g/mol. The molecule has 0 saturated heterocycles. The number of nitrogens with zero attached hydrogens (tertiary/aromatic N) is 2. The maximum absolute atomic E-state index is 12.6. The Morgan fingerprint density at radius 1 is 1.17 bits per heavy atom. The summed E-state index contributed by atoms with van der Waals surface area (Å²) in [7, 11) is 1.86. The van der Waals surface area contributed by atoms with Gasteiger partial charge in [0, 0.05) is 32.1 Å². The van der Waals surface area contributed by atoms with Crippen molar-refractivity contribution in [3.8, 4) is 0 Å². The van der Waals surface area contributed by atoms with Gasteiger partial charge in [-0.15, -0.1) is 12.4 Å². The number of halogens is 1. The fourth-order valence-electron chi connectivity index (χ4n) is 2.60. The van der Waals surface area contributed by atoms with Crippen LogP contribution in [-0.2, 0) is 17.9 Å². The van der Waals surface area contributed by atoms with E-state index in [1.54, 1.807) is 9.13 Å². The van der Waals surface area contributed by atoms with Gasteiger partial charge >= 0.3 is 5.69 Å². The number of benzene rings is 1. The summed E-state index contributed by atoms with van der Waals surface area (Å²) in [4.78, 5) is 24.5. The third kappa shape index (κ3) is 4.61. The van der Waals surface area contributed by atoms with Gasteiger partial charge in [0.2, 0.25) is 5.91 Å². The summed E-state index contributed by atoms with van der Waals surface area (Å²) in [6.45, 7) is 5.73. The van der Waals surface area contributed by atoms with E-state index in [1.165, 1.54) is 0 Å². The fourth-order valence-corrected chi connectivity index (χ4v) is 2.60. The van der Waals surface area contributed by atoms with Crippen molar-refractivity contribution in [1.29, 1.82) is 0 Å². The average Bonchev–Trinajstić information content (AvgIpc) is 2.83. The SMILES string of the molecule is CCCn1c(=O)n(CCC(=O)NCC(C)NC)c2ccccc21.Cl. The minimum Gasteiger partial charge on any atom is -0.354 e. The highest BCUT2D eigenvalue weighted by Crippen LogP contribution is 2.13. The largest absolute Gasteiger partial charge is 0.354 e. The molecule has 0 aliphatic carbocycles. The van der Waals surface area contributed by atoms with Crippen LogP contribution in [0.3, 0.4) is 0 Å². The molecular weight excluding hydrogens is 328 g/mol. The Hall–Kier alpha value is -1.79. The number of hydrogen-bond donors (Lipinski definition) is 2. The van der Waals surface area contributed by atoms with E-state index in [4.69, 9.17) is 0 Å². The molecule has 1 atom stereocenters. The molecule has 1 unspecified atom stereocenters. The molecule has 2 N–H and O–H groups in total. The predicted molar refractivity (Wildman–Crippen MR) is 99.9 cm³/mol. The van der Waals surface area contributed by atoms with Crippen molar-refractivity contribution < 1.29 is 4.79 Å². The van der Waals surface area contributed by atoms with Crippen molar-refractivity contribution >= 4 is 29.3 Å². The molecule has 1 amide bonds. The first-order valence-corrected chi connectivity index (χ1v) is 8.20. The number of aryl methyl sites for hydroxylation is 2. The Balaban J connectivity index is 0.00000288. The summed E-state index contributed by atoms with van der Waals surface area (Å²) in [5.74, 6) is -0.0358. The van der Waals surface area contributed by atoms with Crippen LogP contribution in [0.15, 0.2) is 29.1 Å². The first-order chi connectivity index (χ1) is 11.1. The van der Waals surface area contributed by atoms with Gasteiger partial charge in [0.05, 0.1) is 11.0 Å². The van der Waals surface area contributed by atoms with Crippen molar-refractivity contribution in [1.82, 2.24) is 19.8 Å². The lowest BCUT2D eigenvalue weighted by molar-refractivity contribution is -0.121. The summed E-state index contributed by atoms with van der Waals surface area (Å²) in [5, 5.41) is 5.95. The van der Waals surface area contributed by atoms with Crippen LogP contribution in [0.2, 0.25) is 0 Å². The monoisotopic (exact) mass is 354 g/mol. The van der Waals surface area contributed by atoms with Crippen LogP contribution in [-0.4, -0.2) is 34.7 Å². The lowest BCUT2D eigenvalue weighted by Crippen LogP contribution is -2.37. The molecule has 0 saturated carbocycles. The molecule has 1 aromatic carbocycles. The topological polar surface area (TPSA) is 68.1 Å². The molecule has 2 rings (SSSR count).